The fraction of sp³-hybridized carbons (Fsp3) is 0.211. The minimum absolute atomic E-state index is 0.0240. The molecule has 1 aromatic heterocycles. The topological polar surface area (TPSA) is 53.1 Å². The molecule has 3 aromatic rings. The number of H-pyrrole nitrogens is 1. The van der Waals surface area contributed by atoms with Crippen molar-refractivity contribution >= 4 is 28.5 Å². The van der Waals surface area contributed by atoms with E-state index in [1.165, 1.54) is 0 Å². The summed E-state index contributed by atoms with van der Waals surface area (Å²) in [7, 11) is 0. The number of carbonyl (C=O) groups is 1. The van der Waals surface area contributed by atoms with Crippen LogP contribution in [0.2, 0.25) is 5.02 Å². The van der Waals surface area contributed by atoms with E-state index in [1.54, 1.807) is 0 Å². The molecule has 0 amide bonds. The van der Waals surface area contributed by atoms with Gasteiger partial charge < -0.3 is 10.1 Å². The highest BCUT2D eigenvalue weighted by Crippen LogP contribution is 2.36. The van der Waals surface area contributed by atoms with Gasteiger partial charge in [0.05, 0.1) is 17.6 Å². The molecule has 0 spiro atoms. The van der Waals surface area contributed by atoms with Crippen LogP contribution in [-0.4, -0.2) is 16.1 Å². The molecule has 23 heavy (non-hydrogen) atoms. The van der Waals surface area contributed by atoms with Crippen LogP contribution in [0, 0.1) is 20.8 Å². The molecule has 3 rings (SSSR count). The number of halogens is 1. The van der Waals surface area contributed by atoms with Crippen LogP contribution in [0.5, 0.6) is 0 Å². The van der Waals surface area contributed by atoms with Crippen molar-refractivity contribution in [2.75, 3.05) is 0 Å². The highest BCUT2D eigenvalue weighted by molar-refractivity contribution is 6.32. The maximum absolute atomic E-state index is 11.4. The SMILES string of the molecule is Cc1ccc(C)c(-c2[nH]c3c(C)c(Cl)ccc3c2CC(=O)O)c1. The van der Waals surface area contributed by atoms with E-state index in [4.69, 9.17) is 11.6 Å². The number of aryl methyl sites for hydroxylation is 3. The number of nitrogens with one attached hydrogen (secondary N) is 1. The molecule has 0 unspecified atom stereocenters. The summed E-state index contributed by atoms with van der Waals surface area (Å²) < 4.78 is 0. The maximum Gasteiger partial charge on any atom is 0.307 e. The van der Waals surface area contributed by atoms with Crippen LogP contribution in [-0.2, 0) is 11.2 Å². The smallest absolute Gasteiger partial charge is 0.307 e. The average molecular weight is 328 g/mol. The second kappa shape index (κ2) is 5.74. The van der Waals surface area contributed by atoms with Crippen LogP contribution in [0.4, 0.5) is 0 Å². The zero-order valence-electron chi connectivity index (χ0n) is 13.3. The number of carboxylic acid groups (broad SMARTS) is 1. The highest BCUT2D eigenvalue weighted by Gasteiger charge is 2.19. The molecule has 0 atom stereocenters. The number of hydrogen-bond acceptors (Lipinski definition) is 1. The van der Waals surface area contributed by atoms with E-state index in [2.05, 4.69) is 23.2 Å². The fourth-order valence-corrected chi connectivity index (χ4v) is 3.16. The van der Waals surface area contributed by atoms with Gasteiger partial charge in [0.25, 0.3) is 0 Å². The first-order valence-corrected chi connectivity index (χ1v) is 7.85. The molecule has 0 aliphatic heterocycles. The Bertz CT molecular complexity index is 925. The third-order valence-corrected chi connectivity index (χ3v) is 4.68. The minimum atomic E-state index is -0.843. The van der Waals surface area contributed by atoms with Crippen LogP contribution in [0.3, 0.4) is 0 Å². The second-order valence-electron chi connectivity index (χ2n) is 5.96. The van der Waals surface area contributed by atoms with E-state index in [9.17, 15) is 9.90 Å². The van der Waals surface area contributed by atoms with Crippen LogP contribution in [0.1, 0.15) is 22.3 Å². The lowest BCUT2D eigenvalue weighted by Crippen LogP contribution is -2.01. The molecular weight excluding hydrogens is 310 g/mol. The number of hydrogen-bond donors (Lipinski definition) is 2. The predicted octanol–water partition coefficient (Wildman–Crippen LogP) is 5.04. The summed E-state index contributed by atoms with van der Waals surface area (Å²) in [5, 5.41) is 10.9. The van der Waals surface area contributed by atoms with Gasteiger partial charge in [0.2, 0.25) is 0 Å². The number of benzene rings is 2. The summed E-state index contributed by atoms with van der Waals surface area (Å²) in [4.78, 5) is 14.8. The average Bonchev–Trinajstić information content (AvgIpc) is 2.84. The van der Waals surface area contributed by atoms with Crippen molar-refractivity contribution < 1.29 is 9.90 Å². The molecule has 1 heterocycles. The van der Waals surface area contributed by atoms with Gasteiger partial charge in [0.1, 0.15) is 0 Å². The van der Waals surface area contributed by atoms with Crippen molar-refractivity contribution in [1.29, 1.82) is 0 Å². The Morgan fingerprint density at radius 3 is 2.61 bits per heavy atom. The summed E-state index contributed by atoms with van der Waals surface area (Å²) in [6.07, 6.45) is -0.0240. The lowest BCUT2D eigenvalue weighted by atomic mass is 9.97. The molecule has 0 aliphatic rings. The molecule has 2 N–H and O–H groups in total. The number of fused-ring (bicyclic) bond motifs is 1. The number of aliphatic carboxylic acids is 1. The van der Waals surface area contributed by atoms with Gasteiger partial charge in [-0.3, -0.25) is 4.79 Å². The quantitative estimate of drug-likeness (QED) is 0.708. The number of rotatable bonds is 3. The Morgan fingerprint density at radius 2 is 1.91 bits per heavy atom. The molecule has 118 valence electrons. The zero-order chi connectivity index (χ0) is 16.7. The lowest BCUT2D eigenvalue weighted by Gasteiger charge is -2.08. The Morgan fingerprint density at radius 1 is 1.17 bits per heavy atom. The van der Waals surface area contributed by atoms with Crippen molar-refractivity contribution in [2.45, 2.75) is 27.2 Å². The molecule has 0 radical (unpaired) electrons. The van der Waals surface area contributed by atoms with Gasteiger partial charge in [-0.1, -0.05) is 35.4 Å². The first kappa shape index (κ1) is 15.6. The molecular formula is C19H18ClNO2. The number of carboxylic acids is 1. The summed E-state index contributed by atoms with van der Waals surface area (Å²) in [5.74, 6) is -0.843. The van der Waals surface area contributed by atoms with E-state index < -0.39 is 5.97 Å². The lowest BCUT2D eigenvalue weighted by molar-refractivity contribution is -0.136. The van der Waals surface area contributed by atoms with Gasteiger partial charge in [-0.25, -0.2) is 0 Å². The van der Waals surface area contributed by atoms with Crippen molar-refractivity contribution in [3.63, 3.8) is 0 Å². The third-order valence-electron chi connectivity index (χ3n) is 4.27. The Labute approximate surface area is 139 Å². The van der Waals surface area contributed by atoms with E-state index in [0.717, 1.165) is 44.4 Å². The highest BCUT2D eigenvalue weighted by atomic mass is 35.5. The van der Waals surface area contributed by atoms with E-state index in [0.29, 0.717) is 5.02 Å². The number of aromatic amines is 1. The fourth-order valence-electron chi connectivity index (χ4n) is 3.00. The Balaban J connectivity index is 2.37. The summed E-state index contributed by atoms with van der Waals surface area (Å²) >= 11 is 6.22. The van der Waals surface area contributed by atoms with Crippen molar-refractivity contribution in [2.24, 2.45) is 0 Å². The second-order valence-corrected chi connectivity index (χ2v) is 6.37. The van der Waals surface area contributed by atoms with E-state index >= 15 is 0 Å². The molecule has 4 heteroatoms. The summed E-state index contributed by atoms with van der Waals surface area (Å²) in [6, 6.07) is 9.92. The first-order chi connectivity index (χ1) is 10.9. The monoisotopic (exact) mass is 327 g/mol. The van der Waals surface area contributed by atoms with Gasteiger partial charge in [-0.05, 0) is 49.6 Å². The number of aromatic nitrogens is 1. The molecule has 3 nitrogen and oxygen atoms in total. The normalized spacial score (nSPS) is 11.1. The van der Waals surface area contributed by atoms with Gasteiger partial charge in [-0.2, -0.15) is 0 Å². The van der Waals surface area contributed by atoms with Crippen LogP contribution in [0.25, 0.3) is 22.2 Å². The Kier molecular flexibility index (Phi) is 3.90. The summed E-state index contributed by atoms with van der Waals surface area (Å²) in [5.41, 5.74) is 6.80. The van der Waals surface area contributed by atoms with Gasteiger partial charge in [-0.15, -0.1) is 0 Å². The molecule has 2 aromatic carbocycles. The molecule has 0 saturated heterocycles. The molecule has 0 bridgehead atoms. The first-order valence-electron chi connectivity index (χ1n) is 7.47. The van der Waals surface area contributed by atoms with Gasteiger partial charge in [0.15, 0.2) is 0 Å². The third kappa shape index (κ3) is 2.73. The minimum Gasteiger partial charge on any atom is -0.481 e. The predicted molar refractivity (Wildman–Crippen MR) is 94.3 cm³/mol. The van der Waals surface area contributed by atoms with Gasteiger partial charge in [0, 0.05) is 16.0 Å². The molecule has 0 aliphatic carbocycles. The Hall–Kier alpha value is -2.26. The van der Waals surface area contributed by atoms with Crippen LogP contribution in [0.15, 0.2) is 30.3 Å². The molecule has 0 fully saturated rings. The van der Waals surface area contributed by atoms with E-state index in [-0.39, 0.29) is 6.42 Å². The maximum atomic E-state index is 11.4. The van der Waals surface area contributed by atoms with Gasteiger partial charge >= 0.3 is 5.97 Å². The summed E-state index contributed by atoms with van der Waals surface area (Å²) in [6.45, 7) is 6.01. The van der Waals surface area contributed by atoms with Crippen molar-refractivity contribution in [3.8, 4) is 11.3 Å². The van der Waals surface area contributed by atoms with E-state index in [1.807, 2.05) is 32.9 Å². The van der Waals surface area contributed by atoms with Crippen LogP contribution < -0.4 is 0 Å². The standard InChI is InChI=1S/C19H18ClNO2/c1-10-4-5-11(2)14(8-10)19-15(9-17(22)23)13-6-7-16(20)12(3)18(13)21-19/h4-8,21H,9H2,1-3H3,(H,22,23). The largest absolute Gasteiger partial charge is 0.481 e. The zero-order valence-corrected chi connectivity index (χ0v) is 14.1. The molecule has 0 saturated carbocycles. The van der Waals surface area contributed by atoms with Crippen molar-refractivity contribution in [1.82, 2.24) is 4.98 Å². The van der Waals surface area contributed by atoms with Crippen LogP contribution >= 0.6 is 11.6 Å². The van der Waals surface area contributed by atoms with Crippen molar-refractivity contribution in [3.05, 3.63) is 57.6 Å².